The molecule has 1 aromatic rings. The Morgan fingerprint density at radius 1 is 1.41 bits per heavy atom. The summed E-state index contributed by atoms with van der Waals surface area (Å²) in [6, 6.07) is 3.59. The zero-order valence-electron chi connectivity index (χ0n) is 9.38. The maximum absolute atomic E-state index is 12.7. The molecular formula is C11H15F3N2O. The van der Waals surface area contributed by atoms with Crippen LogP contribution in [-0.2, 0) is 6.18 Å². The molecule has 0 spiro atoms. The Hall–Kier alpha value is -1.43. The lowest BCUT2D eigenvalue weighted by Crippen LogP contribution is -2.17. The van der Waals surface area contributed by atoms with Gasteiger partial charge in [-0.1, -0.05) is 6.92 Å². The van der Waals surface area contributed by atoms with Crippen molar-refractivity contribution in [2.24, 2.45) is 5.92 Å². The minimum Gasteiger partial charge on any atom is -0.399 e. The molecule has 3 nitrogen and oxygen atoms in total. The summed E-state index contributed by atoms with van der Waals surface area (Å²) in [7, 11) is 0. The van der Waals surface area contributed by atoms with Gasteiger partial charge in [0.05, 0.1) is 5.56 Å². The Labute approximate surface area is 97.4 Å². The number of hydrogen-bond acceptors (Lipinski definition) is 3. The molecule has 0 saturated carbocycles. The van der Waals surface area contributed by atoms with Crippen molar-refractivity contribution in [1.82, 2.24) is 0 Å². The molecule has 17 heavy (non-hydrogen) atoms. The van der Waals surface area contributed by atoms with E-state index in [2.05, 4.69) is 5.32 Å². The summed E-state index contributed by atoms with van der Waals surface area (Å²) in [5.41, 5.74) is 4.60. The van der Waals surface area contributed by atoms with Crippen LogP contribution in [0.4, 0.5) is 24.5 Å². The summed E-state index contributed by atoms with van der Waals surface area (Å²) < 4.78 is 38.1. The average Bonchev–Trinajstić information content (AvgIpc) is 2.25. The van der Waals surface area contributed by atoms with Gasteiger partial charge >= 0.3 is 6.18 Å². The van der Waals surface area contributed by atoms with E-state index >= 15 is 0 Å². The maximum Gasteiger partial charge on any atom is 0.418 e. The number of rotatable bonds is 4. The predicted molar refractivity (Wildman–Crippen MR) is 60.6 cm³/mol. The van der Waals surface area contributed by atoms with Gasteiger partial charge in [0.25, 0.3) is 0 Å². The molecule has 0 fully saturated rings. The molecule has 96 valence electrons. The van der Waals surface area contributed by atoms with Crippen LogP contribution in [0.15, 0.2) is 18.2 Å². The lowest BCUT2D eigenvalue weighted by molar-refractivity contribution is -0.136. The van der Waals surface area contributed by atoms with Crippen molar-refractivity contribution in [2.75, 3.05) is 24.2 Å². The Morgan fingerprint density at radius 2 is 2.06 bits per heavy atom. The SMILES string of the molecule is CC(CO)CNc1ccc(N)cc1C(F)(F)F. The van der Waals surface area contributed by atoms with Crippen molar-refractivity contribution in [1.29, 1.82) is 0 Å². The fourth-order valence-electron chi connectivity index (χ4n) is 1.30. The fraction of sp³-hybridized carbons (Fsp3) is 0.455. The smallest absolute Gasteiger partial charge is 0.399 e. The van der Waals surface area contributed by atoms with E-state index in [1.54, 1.807) is 6.92 Å². The quantitative estimate of drug-likeness (QED) is 0.717. The van der Waals surface area contributed by atoms with E-state index in [0.29, 0.717) is 0 Å². The van der Waals surface area contributed by atoms with E-state index < -0.39 is 11.7 Å². The highest BCUT2D eigenvalue weighted by Crippen LogP contribution is 2.36. The third-order valence-electron chi connectivity index (χ3n) is 2.30. The number of nitrogens with one attached hydrogen (secondary N) is 1. The molecule has 1 rings (SSSR count). The Balaban J connectivity index is 2.91. The molecule has 0 amide bonds. The Morgan fingerprint density at radius 3 is 2.59 bits per heavy atom. The molecule has 0 aliphatic carbocycles. The van der Waals surface area contributed by atoms with Gasteiger partial charge in [-0.25, -0.2) is 0 Å². The van der Waals surface area contributed by atoms with Crippen molar-refractivity contribution < 1.29 is 18.3 Å². The molecule has 4 N–H and O–H groups in total. The van der Waals surface area contributed by atoms with Gasteiger partial charge in [-0.3, -0.25) is 0 Å². The van der Waals surface area contributed by atoms with Gasteiger partial charge in [0, 0.05) is 24.5 Å². The van der Waals surface area contributed by atoms with E-state index in [-0.39, 0.29) is 30.4 Å². The molecule has 0 aliphatic heterocycles. The van der Waals surface area contributed by atoms with Crippen LogP contribution >= 0.6 is 0 Å². The average molecular weight is 248 g/mol. The number of nitrogens with two attached hydrogens (primary N) is 1. The second-order valence-corrected chi connectivity index (χ2v) is 3.97. The second kappa shape index (κ2) is 5.27. The summed E-state index contributed by atoms with van der Waals surface area (Å²) in [5, 5.41) is 11.5. The van der Waals surface area contributed by atoms with Gasteiger partial charge < -0.3 is 16.2 Å². The highest BCUT2D eigenvalue weighted by atomic mass is 19.4. The summed E-state index contributed by atoms with van der Waals surface area (Å²) in [6.07, 6.45) is -4.44. The molecule has 1 unspecified atom stereocenters. The van der Waals surface area contributed by atoms with Crippen LogP contribution in [0, 0.1) is 5.92 Å². The molecule has 0 radical (unpaired) electrons. The van der Waals surface area contributed by atoms with Crippen molar-refractivity contribution in [2.45, 2.75) is 13.1 Å². The van der Waals surface area contributed by atoms with Crippen molar-refractivity contribution >= 4 is 11.4 Å². The van der Waals surface area contributed by atoms with Crippen LogP contribution in [0.3, 0.4) is 0 Å². The van der Waals surface area contributed by atoms with Gasteiger partial charge in [0.15, 0.2) is 0 Å². The number of nitrogen functional groups attached to an aromatic ring is 1. The first-order valence-corrected chi connectivity index (χ1v) is 5.16. The van der Waals surface area contributed by atoms with Crippen LogP contribution < -0.4 is 11.1 Å². The Bertz CT molecular complexity index is 379. The monoisotopic (exact) mass is 248 g/mol. The van der Waals surface area contributed by atoms with Crippen molar-refractivity contribution in [3.05, 3.63) is 23.8 Å². The molecular weight excluding hydrogens is 233 g/mol. The zero-order valence-corrected chi connectivity index (χ0v) is 9.38. The maximum atomic E-state index is 12.7. The minimum atomic E-state index is -4.44. The number of benzene rings is 1. The van der Waals surface area contributed by atoms with E-state index in [4.69, 9.17) is 10.8 Å². The number of anilines is 2. The van der Waals surface area contributed by atoms with Gasteiger partial charge in [0.1, 0.15) is 0 Å². The van der Waals surface area contributed by atoms with Crippen LogP contribution in [-0.4, -0.2) is 18.3 Å². The standard InChI is InChI=1S/C11H15F3N2O/c1-7(6-17)5-16-10-3-2-8(15)4-9(10)11(12,13)14/h2-4,7,16-17H,5-6,15H2,1H3. The third-order valence-corrected chi connectivity index (χ3v) is 2.30. The van der Waals surface area contributed by atoms with E-state index in [1.807, 2.05) is 0 Å². The van der Waals surface area contributed by atoms with Crippen LogP contribution in [0.5, 0.6) is 0 Å². The number of aliphatic hydroxyl groups is 1. The normalized spacial score (nSPS) is 13.5. The molecule has 0 heterocycles. The van der Waals surface area contributed by atoms with Crippen molar-refractivity contribution in [3.8, 4) is 0 Å². The van der Waals surface area contributed by atoms with Crippen LogP contribution in [0.1, 0.15) is 12.5 Å². The largest absolute Gasteiger partial charge is 0.418 e. The number of aliphatic hydroxyl groups excluding tert-OH is 1. The summed E-state index contributed by atoms with van der Waals surface area (Å²) in [5.74, 6) is -0.117. The van der Waals surface area contributed by atoms with E-state index in [9.17, 15) is 13.2 Å². The van der Waals surface area contributed by atoms with Gasteiger partial charge in [-0.2, -0.15) is 13.2 Å². The molecule has 1 aromatic carbocycles. The summed E-state index contributed by atoms with van der Waals surface area (Å²) in [4.78, 5) is 0. The zero-order chi connectivity index (χ0) is 13.1. The molecule has 0 aromatic heterocycles. The highest BCUT2D eigenvalue weighted by Gasteiger charge is 2.33. The third kappa shape index (κ3) is 3.81. The fourth-order valence-corrected chi connectivity index (χ4v) is 1.30. The minimum absolute atomic E-state index is 0.0213. The summed E-state index contributed by atoms with van der Waals surface area (Å²) in [6.45, 7) is 1.92. The lowest BCUT2D eigenvalue weighted by atomic mass is 10.1. The first-order valence-electron chi connectivity index (χ1n) is 5.16. The number of halogens is 3. The van der Waals surface area contributed by atoms with E-state index in [1.165, 1.54) is 12.1 Å². The van der Waals surface area contributed by atoms with Crippen LogP contribution in [0.2, 0.25) is 0 Å². The number of hydrogen-bond donors (Lipinski definition) is 3. The number of alkyl halides is 3. The van der Waals surface area contributed by atoms with E-state index in [0.717, 1.165) is 6.07 Å². The first-order chi connectivity index (χ1) is 7.84. The topological polar surface area (TPSA) is 58.3 Å². The summed E-state index contributed by atoms with van der Waals surface area (Å²) >= 11 is 0. The van der Waals surface area contributed by atoms with Gasteiger partial charge in [0.2, 0.25) is 0 Å². The molecule has 0 bridgehead atoms. The van der Waals surface area contributed by atoms with Crippen molar-refractivity contribution in [3.63, 3.8) is 0 Å². The molecule has 0 saturated heterocycles. The van der Waals surface area contributed by atoms with Gasteiger partial charge in [-0.05, 0) is 24.1 Å². The first kappa shape index (κ1) is 13.6. The molecule has 6 heteroatoms. The predicted octanol–water partition coefficient (Wildman–Crippen LogP) is 2.33. The second-order valence-electron chi connectivity index (χ2n) is 3.97. The molecule has 1 atom stereocenters. The van der Waals surface area contributed by atoms with Gasteiger partial charge in [-0.15, -0.1) is 0 Å². The Kier molecular flexibility index (Phi) is 4.22. The highest BCUT2D eigenvalue weighted by molar-refractivity contribution is 5.59. The lowest BCUT2D eigenvalue weighted by Gasteiger charge is -2.17. The van der Waals surface area contributed by atoms with Crippen LogP contribution in [0.25, 0.3) is 0 Å². The molecule has 0 aliphatic rings.